The summed E-state index contributed by atoms with van der Waals surface area (Å²) in [6, 6.07) is 0. The Morgan fingerprint density at radius 3 is 3.06 bits per heavy atom. The normalized spacial score (nSPS) is 28.5. The van der Waals surface area contributed by atoms with Gasteiger partial charge in [-0.2, -0.15) is 0 Å². The number of carbonyl (C=O) groups is 2. The van der Waals surface area contributed by atoms with Crippen molar-refractivity contribution in [3.05, 3.63) is 12.2 Å². The van der Waals surface area contributed by atoms with Gasteiger partial charge in [0.2, 0.25) is 5.91 Å². The standard InChI is InChI=1S/C13H19NO3/c1-2-17-12(16)13-8-4-3-7-11(15)14(13)10-6-5-9-13/h5-6H,2-4,7-10H2,1H3/t13-/m0/s1. The monoisotopic (exact) mass is 237 g/mol. The van der Waals surface area contributed by atoms with E-state index in [1.807, 2.05) is 12.2 Å². The number of carbonyl (C=O) groups excluding carboxylic acids is 2. The van der Waals surface area contributed by atoms with Crippen LogP contribution in [0.3, 0.4) is 0 Å². The molecule has 4 nitrogen and oxygen atoms in total. The zero-order chi connectivity index (χ0) is 12.3. The first kappa shape index (κ1) is 12.1. The van der Waals surface area contributed by atoms with Crippen LogP contribution in [0.15, 0.2) is 12.2 Å². The Morgan fingerprint density at radius 1 is 1.47 bits per heavy atom. The van der Waals surface area contributed by atoms with E-state index in [1.54, 1.807) is 11.8 Å². The van der Waals surface area contributed by atoms with E-state index in [-0.39, 0.29) is 11.9 Å². The van der Waals surface area contributed by atoms with E-state index in [2.05, 4.69) is 0 Å². The molecule has 0 unspecified atom stereocenters. The van der Waals surface area contributed by atoms with Crippen LogP contribution in [0.1, 0.15) is 39.0 Å². The number of rotatable bonds is 2. The number of hydrogen-bond donors (Lipinski definition) is 0. The van der Waals surface area contributed by atoms with Crippen molar-refractivity contribution < 1.29 is 14.3 Å². The minimum Gasteiger partial charge on any atom is -0.464 e. The van der Waals surface area contributed by atoms with Gasteiger partial charge in [-0.1, -0.05) is 12.2 Å². The number of ether oxygens (including phenoxy) is 1. The van der Waals surface area contributed by atoms with Crippen LogP contribution < -0.4 is 0 Å². The van der Waals surface area contributed by atoms with E-state index >= 15 is 0 Å². The van der Waals surface area contributed by atoms with Crippen LogP contribution in [-0.4, -0.2) is 35.5 Å². The highest BCUT2D eigenvalue weighted by Crippen LogP contribution is 2.34. The van der Waals surface area contributed by atoms with Crippen molar-refractivity contribution in [2.24, 2.45) is 0 Å². The van der Waals surface area contributed by atoms with Gasteiger partial charge in [0, 0.05) is 13.0 Å². The van der Waals surface area contributed by atoms with E-state index in [0.717, 1.165) is 19.3 Å². The Morgan fingerprint density at radius 2 is 2.29 bits per heavy atom. The van der Waals surface area contributed by atoms with E-state index in [9.17, 15) is 9.59 Å². The predicted octanol–water partition coefficient (Wildman–Crippen LogP) is 1.65. The molecule has 1 atom stereocenters. The molecule has 0 aromatic carbocycles. The summed E-state index contributed by atoms with van der Waals surface area (Å²) in [6.07, 6.45) is 7.60. The van der Waals surface area contributed by atoms with Crippen molar-refractivity contribution in [2.75, 3.05) is 13.2 Å². The first-order valence-electron chi connectivity index (χ1n) is 6.33. The first-order chi connectivity index (χ1) is 8.20. The lowest BCUT2D eigenvalue weighted by atomic mass is 9.86. The van der Waals surface area contributed by atoms with Gasteiger partial charge >= 0.3 is 5.97 Å². The Bertz CT molecular complexity index is 351. The van der Waals surface area contributed by atoms with Crippen LogP contribution in [0.2, 0.25) is 0 Å². The van der Waals surface area contributed by atoms with Gasteiger partial charge in [-0.05, 0) is 32.6 Å². The summed E-state index contributed by atoms with van der Waals surface area (Å²) in [6.45, 7) is 2.71. The maximum absolute atomic E-state index is 12.2. The summed E-state index contributed by atoms with van der Waals surface area (Å²) in [7, 11) is 0. The molecule has 2 aliphatic rings. The fourth-order valence-electron chi connectivity index (χ4n) is 2.71. The second kappa shape index (κ2) is 4.90. The van der Waals surface area contributed by atoms with Crippen molar-refractivity contribution in [1.29, 1.82) is 0 Å². The fraction of sp³-hybridized carbons (Fsp3) is 0.692. The number of fused-ring (bicyclic) bond motifs is 1. The molecule has 0 aliphatic carbocycles. The van der Waals surface area contributed by atoms with Gasteiger partial charge in [0.05, 0.1) is 6.61 Å². The summed E-state index contributed by atoms with van der Waals surface area (Å²) < 4.78 is 5.18. The lowest BCUT2D eigenvalue weighted by molar-refractivity contribution is -0.163. The molecule has 1 saturated heterocycles. The molecule has 0 aromatic heterocycles. The van der Waals surface area contributed by atoms with Gasteiger partial charge in [-0.25, -0.2) is 4.79 Å². The van der Waals surface area contributed by atoms with Gasteiger partial charge in [0.1, 0.15) is 5.54 Å². The zero-order valence-corrected chi connectivity index (χ0v) is 10.3. The minimum absolute atomic E-state index is 0.0832. The van der Waals surface area contributed by atoms with Gasteiger partial charge < -0.3 is 9.64 Å². The van der Waals surface area contributed by atoms with Gasteiger partial charge in [-0.15, -0.1) is 0 Å². The molecule has 0 radical (unpaired) electrons. The maximum Gasteiger partial charge on any atom is 0.332 e. The van der Waals surface area contributed by atoms with Crippen LogP contribution >= 0.6 is 0 Å². The Kier molecular flexibility index (Phi) is 3.50. The first-order valence-corrected chi connectivity index (χ1v) is 6.33. The minimum atomic E-state index is -0.724. The highest BCUT2D eigenvalue weighted by Gasteiger charge is 2.48. The van der Waals surface area contributed by atoms with Crippen molar-refractivity contribution in [3.63, 3.8) is 0 Å². The Labute approximate surface area is 102 Å². The summed E-state index contributed by atoms with van der Waals surface area (Å²) >= 11 is 0. The average molecular weight is 237 g/mol. The average Bonchev–Trinajstić information content (AvgIpc) is 2.51. The Hall–Kier alpha value is -1.32. The van der Waals surface area contributed by atoms with E-state index in [4.69, 9.17) is 4.74 Å². The highest BCUT2D eigenvalue weighted by molar-refractivity contribution is 5.89. The fourth-order valence-corrected chi connectivity index (χ4v) is 2.71. The molecule has 0 bridgehead atoms. The summed E-state index contributed by atoms with van der Waals surface area (Å²) in [5.41, 5.74) is -0.724. The molecule has 1 fully saturated rings. The molecule has 2 aliphatic heterocycles. The van der Waals surface area contributed by atoms with E-state index in [0.29, 0.717) is 26.0 Å². The smallest absolute Gasteiger partial charge is 0.332 e. The molecule has 94 valence electrons. The largest absolute Gasteiger partial charge is 0.464 e. The third kappa shape index (κ3) is 2.08. The van der Waals surface area contributed by atoms with Crippen molar-refractivity contribution in [2.45, 2.75) is 44.6 Å². The third-order valence-electron chi connectivity index (χ3n) is 3.61. The second-order valence-corrected chi connectivity index (χ2v) is 4.64. The van der Waals surface area contributed by atoms with Gasteiger partial charge in [-0.3, -0.25) is 4.79 Å². The topological polar surface area (TPSA) is 46.6 Å². The number of hydrogen-bond acceptors (Lipinski definition) is 3. The predicted molar refractivity (Wildman–Crippen MR) is 63.3 cm³/mol. The molecule has 0 aromatic rings. The summed E-state index contributed by atoms with van der Waals surface area (Å²) in [5.74, 6) is -0.153. The highest BCUT2D eigenvalue weighted by atomic mass is 16.5. The maximum atomic E-state index is 12.2. The SMILES string of the molecule is CCOC(=O)[C@]12CC=CCN1C(=O)CCCC2. The molecule has 0 spiro atoms. The molecule has 2 rings (SSSR count). The Balaban J connectivity index is 2.32. The molecule has 0 N–H and O–H groups in total. The lowest BCUT2D eigenvalue weighted by Crippen LogP contribution is -2.58. The van der Waals surface area contributed by atoms with Crippen LogP contribution in [0.25, 0.3) is 0 Å². The molecule has 4 heteroatoms. The van der Waals surface area contributed by atoms with Crippen LogP contribution in [0.4, 0.5) is 0 Å². The number of amides is 1. The molecule has 1 amide bonds. The van der Waals surface area contributed by atoms with Crippen molar-refractivity contribution >= 4 is 11.9 Å². The molecular weight excluding hydrogens is 218 g/mol. The number of esters is 1. The van der Waals surface area contributed by atoms with Crippen LogP contribution in [0, 0.1) is 0 Å². The summed E-state index contributed by atoms with van der Waals surface area (Å²) in [4.78, 5) is 26.0. The van der Waals surface area contributed by atoms with Gasteiger partial charge in [0.25, 0.3) is 0 Å². The third-order valence-corrected chi connectivity index (χ3v) is 3.61. The quantitative estimate of drug-likeness (QED) is 0.542. The molecular formula is C13H19NO3. The second-order valence-electron chi connectivity index (χ2n) is 4.64. The lowest BCUT2D eigenvalue weighted by Gasteiger charge is -2.41. The van der Waals surface area contributed by atoms with E-state index in [1.165, 1.54) is 0 Å². The van der Waals surface area contributed by atoms with E-state index < -0.39 is 5.54 Å². The van der Waals surface area contributed by atoms with Crippen molar-refractivity contribution in [1.82, 2.24) is 4.90 Å². The van der Waals surface area contributed by atoms with Crippen molar-refractivity contribution in [3.8, 4) is 0 Å². The molecule has 17 heavy (non-hydrogen) atoms. The summed E-state index contributed by atoms with van der Waals surface area (Å²) in [5, 5.41) is 0. The zero-order valence-electron chi connectivity index (χ0n) is 10.3. The number of nitrogens with zero attached hydrogens (tertiary/aromatic N) is 1. The van der Waals surface area contributed by atoms with Crippen LogP contribution in [-0.2, 0) is 14.3 Å². The van der Waals surface area contributed by atoms with Crippen LogP contribution in [0.5, 0.6) is 0 Å². The van der Waals surface area contributed by atoms with Gasteiger partial charge in [0.15, 0.2) is 0 Å². The molecule has 0 saturated carbocycles. The molecule has 2 heterocycles.